The standard InChI is InChI=1S/C9H16O5/c1-4(10)3-6-8(12)9(13)7(11)5(2)14-6/h5-9,11-13H,3H2,1-2H3. The number of aliphatic hydroxyl groups is 3. The van der Waals surface area contributed by atoms with Crippen LogP contribution in [0.25, 0.3) is 0 Å². The summed E-state index contributed by atoms with van der Waals surface area (Å²) in [6.45, 7) is 2.98. The molecule has 5 atom stereocenters. The average molecular weight is 204 g/mol. The smallest absolute Gasteiger partial charge is 0.132 e. The molecule has 1 aliphatic rings. The van der Waals surface area contributed by atoms with E-state index in [4.69, 9.17) is 4.74 Å². The number of carbonyl (C=O) groups is 1. The first-order chi connectivity index (χ1) is 6.43. The van der Waals surface area contributed by atoms with Crippen LogP contribution in [0.4, 0.5) is 0 Å². The zero-order valence-corrected chi connectivity index (χ0v) is 8.25. The Labute approximate surface area is 82.3 Å². The lowest BCUT2D eigenvalue weighted by atomic mass is 9.93. The molecular formula is C9H16O5. The van der Waals surface area contributed by atoms with Gasteiger partial charge < -0.3 is 20.1 Å². The minimum atomic E-state index is -1.25. The molecule has 0 saturated carbocycles. The van der Waals surface area contributed by atoms with Crippen LogP contribution in [-0.4, -0.2) is 51.6 Å². The number of aliphatic hydroxyl groups excluding tert-OH is 3. The third kappa shape index (κ3) is 2.30. The monoisotopic (exact) mass is 204 g/mol. The molecule has 1 aliphatic heterocycles. The van der Waals surface area contributed by atoms with Gasteiger partial charge in [-0.3, -0.25) is 4.79 Å². The lowest BCUT2D eigenvalue weighted by Crippen LogP contribution is -2.56. The Morgan fingerprint density at radius 2 is 1.79 bits per heavy atom. The summed E-state index contributed by atoms with van der Waals surface area (Å²) >= 11 is 0. The summed E-state index contributed by atoms with van der Waals surface area (Å²) in [4.78, 5) is 10.8. The first kappa shape index (κ1) is 11.6. The Bertz CT molecular complexity index is 217. The maximum Gasteiger partial charge on any atom is 0.132 e. The van der Waals surface area contributed by atoms with E-state index in [1.165, 1.54) is 6.92 Å². The van der Waals surface area contributed by atoms with Crippen LogP contribution in [0, 0.1) is 0 Å². The molecular weight excluding hydrogens is 188 g/mol. The fourth-order valence-electron chi connectivity index (χ4n) is 1.59. The first-order valence-electron chi connectivity index (χ1n) is 4.62. The van der Waals surface area contributed by atoms with Crippen LogP contribution >= 0.6 is 0 Å². The van der Waals surface area contributed by atoms with Crippen LogP contribution in [0.3, 0.4) is 0 Å². The quantitative estimate of drug-likeness (QED) is 0.528. The van der Waals surface area contributed by atoms with Gasteiger partial charge in [-0.1, -0.05) is 0 Å². The van der Waals surface area contributed by atoms with Gasteiger partial charge in [-0.2, -0.15) is 0 Å². The van der Waals surface area contributed by atoms with Crippen molar-refractivity contribution in [3.05, 3.63) is 0 Å². The molecule has 1 rings (SSSR count). The molecule has 0 radical (unpaired) electrons. The number of hydrogen-bond donors (Lipinski definition) is 3. The van der Waals surface area contributed by atoms with Crippen LogP contribution in [0.5, 0.6) is 0 Å². The fourth-order valence-corrected chi connectivity index (χ4v) is 1.59. The molecule has 5 unspecified atom stereocenters. The second-order valence-corrected chi connectivity index (χ2v) is 3.76. The number of Topliss-reactive ketones (excluding diaryl/α,β-unsaturated/α-hetero) is 1. The highest BCUT2D eigenvalue weighted by atomic mass is 16.5. The summed E-state index contributed by atoms with van der Waals surface area (Å²) < 4.78 is 5.21. The summed E-state index contributed by atoms with van der Waals surface area (Å²) in [5, 5.41) is 28.2. The summed E-state index contributed by atoms with van der Waals surface area (Å²) in [6, 6.07) is 0. The van der Waals surface area contributed by atoms with E-state index in [0.717, 1.165) is 0 Å². The number of hydrogen-bond acceptors (Lipinski definition) is 5. The third-order valence-electron chi connectivity index (χ3n) is 2.44. The maximum atomic E-state index is 10.8. The zero-order valence-electron chi connectivity index (χ0n) is 8.25. The SMILES string of the molecule is CC(=O)CC1OC(C)C(O)C(O)C1O. The lowest BCUT2D eigenvalue weighted by Gasteiger charge is -2.39. The van der Waals surface area contributed by atoms with E-state index in [-0.39, 0.29) is 12.2 Å². The summed E-state index contributed by atoms with van der Waals surface area (Å²) in [6.07, 6.45) is -4.80. The molecule has 0 aromatic heterocycles. The molecule has 1 fully saturated rings. The minimum absolute atomic E-state index is 0.0509. The predicted octanol–water partition coefficient (Wildman–Crippen LogP) is -1.16. The van der Waals surface area contributed by atoms with Crippen LogP contribution in [0.15, 0.2) is 0 Å². The Morgan fingerprint density at radius 1 is 1.21 bits per heavy atom. The van der Waals surface area contributed by atoms with Gasteiger partial charge in [0.2, 0.25) is 0 Å². The zero-order chi connectivity index (χ0) is 10.9. The highest BCUT2D eigenvalue weighted by Crippen LogP contribution is 2.22. The molecule has 5 nitrogen and oxygen atoms in total. The van der Waals surface area contributed by atoms with Gasteiger partial charge in [0.15, 0.2) is 0 Å². The molecule has 5 heteroatoms. The van der Waals surface area contributed by atoms with Gasteiger partial charge in [0, 0.05) is 6.42 Å². The molecule has 1 heterocycles. The third-order valence-corrected chi connectivity index (χ3v) is 2.44. The van der Waals surface area contributed by atoms with Gasteiger partial charge in [0.05, 0.1) is 12.2 Å². The highest BCUT2D eigenvalue weighted by molar-refractivity contribution is 5.76. The number of ketones is 1. The van der Waals surface area contributed by atoms with Crippen molar-refractivity contribution in [2.24, 2.45) is 0 Å². The summed E-state index contributed by atoms with van der Waals surface area (Å²) in [5.41, 5.74) is 0. The van der Waals surface area contributed by atoms with E-state index >= 15 is 0 Å². The lowest BCUT2D eigenvalue weighted by molar-refractivity contribution is -0.217. The predicted molar refractivity (Wildman–Crippen MR) is 47.7 cm³/mol. The van der Waals surface area contributed by atoms with Crippen molar-refractivity contribution in [1.29, 1.82) is 0 Å². The molecule has 0 spiro atoms. The molecule has 0 aliphatic carbocycles. The molecule has 0 bridgehead atoms. The minimum Gasteiger partial charge on any atom is -0.388 e. The van der Waals surface area contributed by atoms with Crippen molar-refractivity contribution in [2.45, 2.75) is 50.8 Å². The van der Waals surface area contributed by atoms with E-state index in [2.05, 4.69) is 0 Å². The molecule has 0 aromatic carbocycles. The summed E-state index contributed by atoms with van der Waals surface area (Å²) in [5.74, 6) is -0.121. The second-order valence-electron chi connectivity index (χ2n) is 3.76. The van der Waals surface area contributed by atoms with E-state index in [0.29, 0.717) is 0 Å². The average Bonchev–Trinajstić information content (AvgIpc) is 2.10. The van der Waals surface area contributed by atoms with Crippen LogP contribution in [0.2, 0.25) is 0 Å². The Morgan fingerprint density at radius 3 is 2.29 bits per heavy atom. The fraction of sp³-hybridized carbons (Fsp3) is 0.889. The Balaban J connectivity index is 2.65. The first-order valence-corrected chi connectivity index (χ1v) is 4.62. The van der Waals surface area contributed by atoms with Crippen molar-refractivity contribution in [3.63, 3.8) is 0 Å². The largest absolute Gasteiger partial charge is 0.388 e. The van der Waals surface area contributed by atoms with Crippen molar-refractivity contribution < 1.29 is 24.9 Å². The number of rotatable bonds is 2. The topological polar surface area (TPSA) is 87.0 Å². The number of carbonyl (C=O) groups excluding carboxylic acids is 1. The van der Waals surface area contributed by atoms with Crippen LogP contribution in [0.1, 0.15) is 20.3 Å². The molecule has 1 saturated heterocycles. The van der Waals surface area contributed by atoms with Gasteiger partial charge >= 0.3 is 0 Å². The van der Waals surface area contributed by atoms with Gasteiger partial charge in [0.1, 0.15) is 24.1 Å². The van der Waals surface area contributed by atoms with Crippen molar-refractivity contribution >= 4 is 5.78 Å². The van der Waals surface area contributed by atoms with Gasteiger partial charge in [-0.15, -0.1) is 0 Å². The number of ether oxygens (including phenoxy) is 1. The van der Waals surface area contributed by atoms with Gasteiger partial charge in [0.25, 0.3) is 0 Å². The second kappa shape index (κ2) is 4.35. The van der Waals surface area contributed by atoms with E-state index in [1.54, 1.807) is 6.92 Å². The summed E-state index contributed by atoms with van der Waals surface area (Å²) in [7, 11) is 0. The van der Waals surface area contributed by atoms with E-state index in [1.807, 2.05) is 0 Å². The normalized spacial score (nSPS) is 43.6. The van der Waals surface area contributed by atoms with Crippen LogP contribution < -0.4 is 0 Å². The molecule has 82 valence electrons. The Hall–Kier alpha value is -0.490. The molecule has 0 aromatic rings. The van der Waals surface area contributed by atoms with Crippen LogP contribution in [-0.2, 0) is 9.53 Å². The van der Waals surface area contributed by atoms with E-state index < -0.39 is 30.5 Å². The Kier molecular flexibility index (Phi) is 3.60. The highest BCUT2D eigenvalue weighted by Gasteiger charge is 2.41. The van der Waals surface area contributed by atoms with Crippen molar-refractivity contribution in [3.8, 4) is 0 Å². The van der Waals surface area contributed by atoms with Gasteiger partial charge in [-0.05, 0) is 13.8 Å². The maximum absolute atomic E-state index is 10.8. The van der Waals surface area contributed by atoms with Crippen molar-refractivity contribution in [1.82, 2.24) is 0 Å². The molecule has 3 N–H and O–H groups in total. The van der Waals surface area contributed by atoms with E-state index in [9.17, 15) is 20.1 Å². The van der Waals surface area contributed by atoms with Gasteiger partial charge in [-0.25, -0.2) is 0 Å². The molecule has 14 heavy (non-hydrogen) atoms. The van der Waals surface area contributed by atoms with Crippen molar-refractivity contribution in [2.75, 3.05) is 0 Å². The molecule has 0 amide bonds.